The van der Waals surface area contributed by atoms with Crippen LogP contribution in [0.15, 0.2) is 30.3 Å². The number of hydrogen-bond acceptors (Lipinski definition) is 6. The molecule has 5 N–H and O–H groups in total. The number of pyridine rings is 1. The van der Waals surface area contributed by atoms with Crippen LogP contribution in [0.1, 0.15) is 29.1 Å². The summed E-state index contributed by atoms with van der Waals surface area (Å²) >= 11 is 1.18. The Balaban J connectivity index is 2.35. The van der Waals surface area contributed by atoms with Gasteiger partial charge in [0.1, 0.15) is 27.2 Å². The maximum absolute atomic E-state index is 12.4. The van der Waals surface area contributed by atoms with E-state index in [-0.39, 0.29) is 23.3 Å². The number of nitriles is 1. The second kappa shape index (κ2) is 6.42. The van der Waals surface area contributed by atoms with Gasteiger partial charge in [0.05, 0.1) is 5.69 Å². The molecule has 0 saturated carbocycles. The number of benzene rings is 1. The van der Waals surface area contributed by atoms with Gasteiger partial charge in [0.15, 0.2) is 0 Å². The SMILES string of the molecule is CC(C)NC(=O)c1sc2nc(N)c(C#N)c(-c3ccccc3)c2c1N. The summed E-state index contributed by atoms with van der Waals surface area (Å²) in [5.41, 5.74) is 14.3. The van der Waals surface area contributed by atoms with Crippen molar-refractivity contribution in [1.29, 1.82) is 5.26 Å². The van der Waals surface area contributed by atoms with E-state index in [1.807, 2.05) is 44.2 Å². The van der Waals surface area contributed by atoms with Gasteiger partial charge in [-0.1, -0.05) is 30.3 Å². The zero-order valence-corrected chi connectivity index (χ0v) is 14.6. The number of aromatic nitrogens is 1. The molecule has 0 aliphatic carbocycles. The molecule has 1 aromatic carbocycles. The highest BCUT2D eigenvalue weighted by atomic mass is 32.1. The lowest BCUT2D eigenvalue weighted by molar-refractivity contribution is 0.0948. The molecular formula is C18H17N5OS. The summed E-state index contributed by atoms with van der Waals surface area (Å²) in [6, 6.07) is 11.5. The molecule has 2 aromatic heterocycles. The van der Waals surface area contributed by atoms with E-state index in [4.69, 9.17) is 11.5 Å². The summed E-state index contributed by atoms with van der Waals surface area (Å²) < 4.78 is 0. The molecule has 0 unspecified atom stereocenters. The van der Waals surface area contributed by atoms with Gasteiger partial charge in [-0.05, 0) is 19.4 Å². The number of carbonyl (C=O) groups is 1. The minimum atomic E-state index is -0.258. The summed E-state index contributed by atoms with van der Waals surface area (Å²) in [4.78, 5) is 17.6. The first-order valence-electron chi connectivity index (χ1n) is 7.71. The van der Waals surface area contributed by atoms with Gasteiger partial charge < -0.3 is 16.8 Å². The summed E-state index contributed by atoms with van der Waals surface area (Å²) in [5.74, 6) is -0.127. The Morgan fingerprint density at radius 3 is 2.56 bits per heavy atom. The van der Waals surface area contributed by atoms with E-state index in [1.54, 1.807) is 0 Å². The number of rotatable bonds is 3. The molecule has 0 atom stereocenters. The third kappa shape index (κ3) is 2.88. The van der Waals surface area contributed by atoms with Gasteiger partial charge in [-0.25, -0.2) is 4.98 Å². The molecule has 2 heterocycles. The number of fused-ring (bicyclic) bond motifs is 1. The molecule has 3 aromatic rings. The topological polar surface area (TPSA) is 118 Å². The number of nitrogen functional groups attached to an aromatic ring is 2. The average molecular weight is 351 g/mol. The van der Waals surface area contributed by atoms with Crippen molar-refractivity contribution in [1.82, 2.24) is 10.3 Å². The van der Waals surface area contributed by atoms with Crippen LogP contribution in [0.25, 0.3) is 21.3 Å². The highest BCUT2D eigenvalue weighted by Gasteiger charge is 2.24. The number of nitrogens with zero attached hydrogens (tertiary/aromatic N) is 2. The Kier molecular flexibility index (Phi) is 4.30. The first-order chi connectivity index (χ1) is 11.9. The molecular weight excluding hydrogens is 334 g/mol. The molecule has 0 spiro atoms. The lowest BCUT2D eigenvalue weighted by Crippen LogP contribution is -2.29. The van der Waals surface area contributed by atoms with Crippen molar-refractivity contribution in [2.75, 3.05) is 11.5 Å². The van der Waals surface area contributed by atoms with Crippen LogP contribution in [-0.2, 0) is 0 Å². The van der Waals surface area contributed by atoms with Crippen molar-refractivity contribution >= 4 is 39.0 Å². The first kappa shape index (κ1) is 16.7. The van der Waals surface area contributed by atoms with Crippen molar-refractivity contribution < 1.29 is 4.79 Å². The van der Waals surface area contributed by atoms with Crippen molar-refractivity contribution in [3.8, 4) is 17.2 Å². The van der Waals surface area contributed by atoms with Crippen LogP contribution in [0.3, 0.4) is 0 Å². The third-order valence-electron chi connectivity index (χ3n) is 3.70. The molecule has 3 rings (SSSR count). The Hall–Kier alpha value is -3.11. The maximum Gasteiger partial charge on any atom is 0.263 e. The monoisotopic (exact) mass is 351 g/mol. The molecule has 0 saturated heterocycles. The smallest absolute Gasteiger partial charge is 0.263 e. The Labute approximate surface area is 149 Å². The Morgan fingerprint density at radius 2 is 1.96 bits per heavy atom. The van der Waals surface area contributed by atoms with E-state index in [2.05, 4.69) is 16.4 Å². The predicted octanol–water partition coefficient (Wildman–Crippen LogP) is 3.14. The highest BCUT2D eigenvalue weighted by Crippen LogP contribution is 2.42. The Bertz CT molecular complexity index is 1000. The number of thiophene rings is 1. The van der Waals surface area contributed by atoms with Crippen LogP contribution in [0, 0.1) is 11.3 Å². The maximum atomic E-state index is 12.4. The number of nitrogens with two attached hydrogens (primary N) is 2. The van der Waals surface area contributed by atoms with Crippen LogP contribution in [0.4, 0.5) is 11.5 Å². The second-order valence-corrected chi connectivity index (χ2v) is 6.88. The molecule has 0 radical (unpaired) electrons. The molecule has 0 bridgehead atoms. The first-order valence-corrected chi connectivity index (χ1v) is 8.53. The summed E-state index contributed by atoms with van der Waals surface area (Å²) in [5, 5.41) is 13.0. The van der Waals surface area contributed by atoms with Crippen LogP contribution in [0.2, 0.25) is 0 Å². The number of nitrogens with one attached hydrogen (secondary N) is 1. The van der Waals surface area contributed by atoms with Gasteiger partial charge in [-0.15, -0.1) is 11.3 Å². The van der Waals surface area contributed by atoms with Crippen molar-refractivity contribution in [3.05, 3.63) is 40.8 Å². The fourth-order valence-electron chi connectivity index (χ4n) is 2.67. The molecule has 126 valence electrons. The van der Waals surface area contributed by atoms with Gasteiger partial charge in [-0.2, -0.15) is 5.26 Å². The molecule has 7 heteroatoms. The molecule has 0 aliphatic heterocycles. The number of anilines is 2. The van der Waals surface area contributed by atoms with E-state index < -0.39 is 0 Å². The largest absolute Gasteiger partial charge is 0.397 e. The number of amides is 1. The van der Waals surface area contributed by atoms with E-state index >= 15 is 0 Å². The van der Waals surface area contributed by atoms with Gasteiger partial charge in [0.2, 0.25) is 0 Å². The van der Waals surface area contributed by atoms with Crippen LogP contribution in [-0.4, -0.2) is 16.9 Å². The van der Waals surface area contributed by atoms with Crippen LogP contribution in [0.5, 0.6) is 0 Å². The van der Waals surface area contributed by atoms with Crippen molar-refractivity contribution in [2.45, 2.75) is 19.9 Å². The highest BCUT2D eigenvalue weighted by molar-refractivity contribution is 7.21. The van der Waals surface area contributed by atoms with Gasteiger partial charge in [-0.3, -0.25) is 4.79 Å². The fraction of sp³-hybridized carbons (Fsp3) is 0.167. The van der Waals surface area contributed by atoms with E-state index in [0.717, 1.165) is 5.56 Å². The fourth-order valence-corrected chi connectivity index (χ4v) is 3.69. The van der Waals surface area contributed by atoms with Crippen molar-refractivity contribution in [2.24, 2.45) is 0 Å². The van der Waals surface area contributed by atoms with Crippen LogP contribution >= 0.6 is 11.3 Å². The van der Waals surface area contributed by atoms with Gasteiger partial charge in [0.25, 0.3) is 5.91 Å². The third-order valence-corrected chi connectivity index (χ3v) is 4.80. The molecule has 0 aliphatic rings. The second-order valence-electron chi connectivity index (χ2n) is 5.88. The van der Waals surface area contributed by atoms with Gasteiger partial charge >= 0.3 is 0 Å². The van der Waals surface area contributed by atoms with E-state index in [0.29, 0.717) is 26.3 Å². The number of carbonyl (C=O) groups excluding carboxylic acids is 1. The summed E-state index contributed by atoms with van der Waals surface area (Å²) in [6.45, 7) is 3.75. The Morgan fingerprint density at radius 1 is 1.28 bits per heavy atom. The minimum absolute atomic E-state index is 0.0154. The molecule has 25 heavy (non-hydrogen) atoms. The molecule has 0 fully saturated rings. The molecule has 1 amide bonds. The van der Waals surface area contributed by atoms with Crippen molar-refractivity contribution in [3.63, 3.8) is 0 Å². The zero-order valence-electron chi connectivity index (χ0n) is 13.8. The standard InChI is InChI=1S/C18H17N5OS/c1-9(2)22-17(24)15-14(20)13-12(10-6-4-3-5-7-10)11(8-19)16(21)23-18(13)25-15/h3-7,9H,20H2,1-2H3,(H2,21,23)(H,22,24). The summed E-state index contributed by atoms with van der Waals surface area (Å²) in [7, 11) is 0. The van der Waals surface area contributed by atoms with Gasteiger partial charge in [0, 0.05) is 17.0 Å². The lowest BCUT2D eigenvalue weighted by atomic mass is 9.97. The predicted molar refractivity (Wildman–Crippen MR) is 101 cm³/mol. The minimum Gasteiger partial charge on any atom is -0.397 e. The normalized spacial score (nSPS) is 10.8. The molecule has 6 nitrogen and oxygen atoms in total. The number of hydrogen-bond donors (Lipinski definition) is 3. The summed E-state index contributed by atoms with van der Waals surface area (Å²) in [6.07, 6.45) is 0. The quantitative estimate of drug-likeness (QED) is 0.670. The van der Waals surface area contributed by atoms with Crippen LogP contribution < -0.4 is 16.8 Å². The zero-order chi connectivity index (χ0) is 18.1. The van der Waals surface area contributed by atoms with E-state index in [9.17, 15) is 10.1 Å². The van der Waals surface area contributed by atoms with E-state index in [1.165, 1.54) is 11.3 Å². The average Bonchev–Trinajstić information content (AvgIpc) is 2.90. The lowest BCUT2D eigenvalue weighted by Gasteiger charge is -2.10.